The molecule has 4 rings (SSSR count). The lowest BCUT2D eigenvalue weighted by Crippen LogP contribution is -2.52. The maximum Gasteiger partial charge on any atom is 0.326 e. The number of carboxylic acids is 2. The lowest BCUT2D eigenvalue weighted by Gasteiger charge is -2.40. The fourth-order valence-electron chi connectivity index (χ4n) is 4.55. The molecule has 3 heterocycles. The third-order valence-electron chi connectivity index (χ3n) is 6.69. The first kappa shape index (κ1) is 29.4. The molecule has 9 N–H and O–H groups in total. The van der Waals surface area contributed by atoms with Crippen LogP contribution in [0.15, 0.2) is 44.8 Å². The van der Waals surface area contributed by atoms with Crippen molar-refractivity contribution in [3.63, 3.8) is 0 Å². The molecule has 42 heavy (non-hydrogen) atoms. The van der Waals surface area contributed by atoms with Gasteiger partial charge in [0.15, 0.2) is 5.82 Å². The number of nitrogens with two attached hydrogens (primary N) is 1. The largest absolute Gasteiger partial charge is 0.481 e. The Bertz CT molecular complexity index is 1660. The van der Waals surface area contributed by atoms with Crippen molar-refractivity contribution in [1.29, 1.82) is 0 Å². The predicted molar refractivity (Wildman–Crippen MR) is 151 cm³/mol. The van der Waals surface area contributed by atoms with E-state index in [1.54, 1.807) is 24.1 Å². The number of H-pyrrole nitrogens is 3. The number of aliphatic carboxylic acids is 2. The van der Waals surface area contributed by atoms with E-state index in [0.29, 0.717) is 18.8 Å². The number of nitrogens with one attached hydrogen (secondary N) is 5. The van der Waals surface area contributed by atoms with E-state index >= 15 is 0 Å². The van der Waals surface area contributed by atoms with Crippen LogP contribution in [0.4, 0.5) is 23.1 Å². The average Bonchev–Trinajstić information content (AvgIpc) is 2.93. The van der Waals surface area contributed by atoms with Crippen LogP contribution in [-0.4, -0.2) is 80.2 Å². The van der Waals surface area contributed by atoms with Crippen LogP contribution in [0.25, 0.3) is 0 Å². The number of nitrogens with zero attached hydrogens (tertiary/aromatic N) is 3. The summed E-state index contributed by atoms with van der Waals surface area (Å²) < 4.78 is 0. The number of benzene rings is 1. The van der Waals surface area contributed by atoms with E-state index in [1.165, 1.54) is 18.3 Å². The van der Waals surface area contributed by atoms with Crippen molar-refractivity contribution in [1.82, 2.24) is 25.3 Å². The molecule has 2 aromatic heterocycles. The molecule has 0 saturated heterocycles. The summed E-state index contributed by atoms with van der Waals surface area (Å²) in [6.07, 6.45) is 0.607. The summed E-state index contributed by atoms with van der Waals surface area (Å²) in [7, 11) is 1.79. The second kappa shape index (κ2) is 12.3. The van der Waals surface area contributed by atoms with Gasteiger partial charge in [-0.1, -0.05) is 0 Å². The molecule has 1 amide bonds. The van der Waals surface area contributed by atoms with E-state index in [9.17, 15) is 33.9 Å². The van der Waals surface area contributed by atoms with Gasteiger partial charge in [0.2, 0.25) is 5.95 Å². The Hall–Kier alpha value is -5.61. The first-order chi connectivity index (χ1) is 19.9. The molecule has 2 unspecified atom stereocenters. The fourth-order valence-corrected chi connectivity index (χ4v) is 4.55. The van der Waals surface area contributed by atoms with E-state index in [1.807, 2.05) is 4.90 Å². The quantitative estimate of drug-likeness (QED) is 0.131. The standard InChI is InChI=1S/C25H29N9O8/c1-33(14-4-2-12(3-5-14)20(37)29-16(23(40)41)6-7-17(35)36)11-15-9-27-19-18(22(39)31-24(26)30-19)34(15)10-13-8-28-25(42)32-21(13)38/h2-5,8,15-16H,6-7,9-11H2,1H3,(H,29,37)(H,35,36)(H,40,41)(H2,28,32,38,42)(H4,26,27,30,31,39). The van der Waals surface area contributed by atoms with Gasteiger partial charge in [-0.2, -0.15) is 4.98 Å². The second-order valence-corrected chi connectivity index (χ2v) is 9.63. The molecule has 2 atom stereocenters. The average molecular weight is 584 g/mol. The molecule has 1 aliphatic heterocycles. The van der Waals surface area contributed by atoms with Gasteiger partial charge >= 0.3 is 17.6 Å². The van der Waals surface area contributed by atoms with Crippen LogP contribution < -0.4 is 43.0 Å². The molecule has 0 fully saturated rings. The Morgan fingerprint density at radius 1 is 1.14 bits per heavy atom. The third-order valence-corrected chi connectivity index (χ3v) is 6.69. The van der Waals surface area contributed by atoms with Crippen molar-refractivity contribution < 1.29 is 24.6 Å². The highest BCUT2D eigenvalue weighted by Gasteiger charge is 2.32. The van der Waals surface area contributed by atoms with Crippen LogP contribution in [0.5, 0.6) is 0 Å². The number of carbonyl (C=O) groups is 3. The molecule has 1 aliphatic rings. The van der Waals surface area contributed by atoms with Gasteiger partial charge in [0.05, 0.1) is 18.2 Å². The van der Waals surface area contributed by atoms with Crippen molar-refractivity contribution in [2.24, 2.45) is 0 Å². The normalized spacial score (nSPS) is 14.8. The number of nitrogen functional groups attached to an aromatic ring is 1. The number of aromatic amines is 3. The van der Waals surface area contributed by atoms with Gasteiger partial charge in [-0.25, -0.2) is 9.59 Å². The number of carbonyl (C=O) groups excluding carboxylic acids is 1. The van der Waals surface area contributed by atoms with Crippen molar-refractivity contribution in [2.45, 2.75) is 31.5 Å². The second-order valence-electron chi connectivity index (χ2n) is 9.63. The van der Waals surface area contributed by atoms with Gasteiger partial charge in [-0.05, 0) is 30.7 Å². The number of amides is 1. The molecule has 17 heteroatoms. The number of fused-ring (bicyclic) bond motifs is 1. The summed E-state index contributed by atoms with van der Waals surface area (Å²) in [5.41, 5.74) is 5.16. The molecule has 0 radical (unpaired) electrons. The van der Waals surface area contributed by atoms with Crippen LogP contribution in [0.1, 0.15) is 28.8 Å². The summed E-state index contributed by atoms with van der Waals surface area (Å²) in [5, 5.41) is 23.5. The molecule has 1 aromatic carbocycles. The van der Waals surface area contributed by atoms with E-state index in [0.717, 1.165) is 0 Å². The molecule has 17 nitrogen and oxygen atoms in total. The van der Waals surface area contributed by atoms with Crippen LogP contribution in [0.2, 0.25) is 0 Å². The predicted octanol–water partition coefficient (Wildman–Crippen LogP) is -1.29. The third kappa shape index (κ3) is 6.75. The highest BCUT2D eigenvalue weighted by Crippen LogP contribution is 2.28. The summed E-state index contributed by atoms with van der Waals surface area (Å²) in [4.78, 5) is 86.4. The van der Waals surface area contributed by atoms with Gasteiger partial charge in [-0.15, -0.1) is 0 Å². The van der Waals surface area contributed by atoms with Gasteiger partial charge in [0.1, 0.15) is 11.7 Å². The Morgan fingerprint density at radius 2 is 1.86 bits per heavy atom. The first-order valence-corrected chi connectivity index (χ1v) is 12.7. The topological polar surface area (TPSA) is 260 Å². The van der Waals surface area contributed by atoms with Crippen LogP contribution in [-0.2, 0) is 16.1 Å². The number of carboxylic acid groups (broad SMARTS) is 2. The van der Waals surface area contributed by atoms with E-state index < -0.39 is 47.1 Å². The maximum absolute atomic E-state index is 12.9. The van der Waals surface area contributed by atoms with Crippen LogP contribution in [0, 0.1) is 0 Å². The molecule has 0 aliphatic carbocycles. The maximum atomic E-state index is 12.9. The minimum Gasteiger partial charge on any atom is -0.481 e. The van der Waals surface area contributed by atoms with Crippen LogP contribution >= 0.6 is 0 Å². The van der Waals surface area contributed by atoms with Gasteiger partial charge in [0.25, 0.3) is 17.0 Å². The number of likely N-dealkylation sites (N-methyl/N-ethyl adjacent to an activating group) is 1. The summed E-state index contributed by atoms with van der Waals surface area (Å²) >= 11 is 0. The monoisotopic (exact) mass is 583 g/mol. The SMILES string of the molecule is CN(CC1CNc2nc(N)[nH]c(=O)c2N1Cc1c[nH]c(=O)[nH]c1=O)c1ccc(C(=O)NC(CCC(=O)O)C(=O)O)cc1. The number of anilines is 4. The fraction of sp³-hybridized carbons (Fsp3) is 0.320. The lowest BCUT2D eigenvalue weighted by atomic mass is 10.1. The molecule has 0 bridgehead atoms. The minimum atomic E-state index is -1.36. The Labute approximate surface area is 236 Å². The van der Waals surface area contributed by atoms with Crippen LogP contribution in [0.3, 0.4) is 0 Å². The molecule has 0 spiro atoms. The van der Waals surface area contributed by atoms with Gasteiger partial charge < -0.3 is 41.4 Å². The Morgan fingerprint density at radius 3 is 2.50 bits per heavy atom. The van der Waals surface area contributed by atoms with E-state index in [-0.39, 0.29) is 47.6 Å². The zero-order valence-electron chi connectivity index (χ0n) is 22.3. The molecular formula is C25H29N9O8. The zero-order valence-corrected chi connectivity index (χ0v) is 22.3. The van der Waals surface area contributed by atoms with Crippen molar-refractivity contribution in [2.75, 3.05) is 41.0 Å². The molecular weight excluding hydrogens is 554 g/mol. The molecule has 222 valence electrons. The van der Waals surface area contributed by atoms with E-state index in [4.69, 9.17) is 10.8 Å². The summed E-state index contributed by atoms with van der Waals surface area (Å²) in [6, 6.07) is 4.57. The number of aromatic nitrogens is 4. The van der Waals surface area contributed by atoms with Gasteiger partial charge in [-0.3, -0.25) is 29.1 Å². The highest BCUT2D eigenvalue weighted by molar-refractivity contribution is 5.97. The summed E-state index contributed by atoms with van der Waals surface area (Å²) in [5.74, 6) is -3.01. The summed E-state index contributed by atoms with van der Waals surface area (Å²) in [6.45, 7) is 0.626. The van der Waals surface area contributed by atoms with Crippen molar-refractivity contribution in [3.8, 4) is 0 Å². The van der Waals surface area contributed by atoms with Gasteiger partial charge in [0, 0.05) is 44.0 Å². The lowest BCUT2D eigenvalue weighted by molar-refractivity contribution is -0.140. The molecule has 3 aromatic rings. The smallest absolute Gasteiger partial charge is 0.326 e. The first-order valence-electron chi connectivity index (χ1n) is 12.7. The van der Waals surface area contributed by atoms with E-state index in [2.05, 4.69) is 30.6 Å². The number of hydrogen-bond donors (Lipinski definition) is 8. The number of hydrogen-bond acceptors (Lipinski definition) is 11. The van der Waals surface area contributed by atoms with Crippen molar-refractivity contribution in [3.05, 3.63) is 72.8 Å². The Balaban J connectivity index is 1.53. The minimum absolute atomic E-state index is 0.0281. The van der Waals surface area contributed by atoms with Crippen molar-refractivity contribution >= 4 is 41.0 Å². The zero-order chi connectivity index (χ0) is 30.6. The Kier molecular flexibility index (Phi) is 8.59. The molecule has 0 saturated carbocycles. The number of rotatable bonds is 11. The highest BCUT2D eigenvalue weighted by atomic mass is 16.4.